The number of ether oxygens (including phenoxy) is 2. The highest BCUT2D eigenvalue weighted by Crippen LogP contribution is 2.22. The second-order valence-electron chi connectivity index (χ2n) is 11.6. The average Bonchev–Trinajstić information content (AvgIpc) is 2.97. The lowest BCUT2D eigenvalue weighted by Gasteiger charge is -2.40. The fourth-order valence-electron chi connectivity index (χ4n) is 5.08. The highest BCUT2D eigenvalue weighted by atomic mass is 16.7. The molecule has 1 aliphatic heterocycles. The Labute approximate surface area is 248 Å². The van der Waals surface area contributed by atoms with Crippen molar-refractivity contribution in [2.75, 3.05) is 13.2 Å². The lowest BCUT2D eigenvalue weighted by atomic mass is 9.99. The topological polar surface area (TPSA) is 149 Å². The predicted octanol–water partition coefficient (Wildman–Crippen LogP) is 4.27. The van der Waals surface area contributed by atoms with E-state index in [1.165, 1.54) is 38.5 Å². The first-order valence-corrected chi connectivity index (χ1v) is 16.4. The maximum Gasteiger partial charge on any atom is 0.220 e. The third-order valence-corrected chi connectivity index (χ3v) is 7.87. The molecule has 0 aromatic rings. The molecule has 6 N–H and O–H groups in total. The van der Waals surface area contributed by atoms with E-state index in [1.807, 2.05) is 0 Å². The van der Waals surface area contributed by atoms with E-state index in [0.29, 0.717) is 12.8 Å². The van der Waals surface area contributed by atoms with Crippen molar-refractivity contribution < 1.29 is 39.8 Å². The van der Waals surface area contributed by atoms with Crippen LogP contribution in [0.1, 0.15) is 129 Å². The van der Waals surface area contributed by atoms with E-state index in [2.05, 4.69) is 31.3 Å². The molecule has 1 saturated heterocycles. The van der Waals surface area contributed by atoms with Crippen molar-refractivity contribution >= 4 is 5.91 Å². The van der Waals surface area contributed by atoms with E-state index in [4.69, 9.17) is 9.47 Å². The third-order valence-electron chi connectivity index (χ3n) is 7.87. The number of carbonyl (C=O) groups excluding carboxylic acids is 1. The second kappa shape index (κ2) is 24.4. The van der Waals surface area contributed by atoms with Gasteiger partial charge in [0.25, 0.3) is 0 Å². The first kappa shape index (κ1) is 38.0. The van der Waals surface area contributed by atoms with Gasteiger partial charge in [0.05, 0.1) is 25.4 Å². The van der Waals surface area contributed by atoms with Gasteiger partial charge in [-0.15, -0.1) is 0 Å². The number of unbranched alkanes of at least 4 members (excludes halogenated alkanes) is 13. The molecule has 1 amide bonds. The summed E-state index contributed by atoms with van der Waals surface area (Å²) in [5.74, 6) is -0.162. The Hall–Kier alpha value is -1.07. The fraction of sp³-hybridized carbons (Fsp3) is 0.906. The van der Waals surface area contributed by atoms with Crippen LogP contribution in [-0.4, -0.2) is 87.5 Å². The first-order valence-electron chi connectivity index (χ1n) is 16.4. The van der Waals surface area contributed by atoms with Crippen LogP contribution < -0.4 is 5.32 Å². The molecular formula is C32H61NO8. The molecule has 1 rings (SSSR count). The molecule has 1 fully saturated rings. The number of nitrogens with one attached hydrogen (secondary N) is 1. The number of aliphatic hydroxyl groups is 5. The van der Waals surface area contributed by atoms with Crippen molar-refractivity contribution in [3.05, 3.63) is 12.2 Å². The van der Waals surface area contributed by atoms with E-state index in [0.717, 1.165) is 64.2 Å². The van der Waals surface area contributed by atoms with Crippen molar-refractivity contribution in [1.29, 1.82) is 0 Å². The van der Waals surface area contributed by atoms with Gasteiger partial charge >= 0.3 is 0 Å². The molecule has 0 aliphatic carbocycles. The Morgan fingerprint density at radius 3 is 2.05 bits per heavy atom. The third kappa shape index (κ3) is 17.0. The van der Waals surface area contributed by atoms with Gasteiger partial charge in [0.1, 0.15) is 24.4 Å². The Morgan fingerprint density at radius 1 is 0.805 bits per heavy atom. The zero-order valence-corrected chi connectivity index (χ0v) is 25.8. The van der Waals surface area contributed by atoms with E-state index >= 15 is 0 Å². The van der Waals surface area contributed by atoms with Crippen LogP contribution in [-0.2, 0) is 14.3 Å². The Balaban J connectivity index is 2.49. The molecule has 9 heteroatoms. The molecule has 242 valence electrons. The summed E-state index contributed by atoms with van der Waals surface area (Å²) in [5, 5.41) is 53.6. The van der Waals surface area contributed by atoms with Crippen LogP contribution in [0.2, 0.25) is 0 Å². The maximum atomic E-state index is 12.7. The number of amides is 1. The van der Waals surface area contributed by atoms with Crippen LogP contribution in [0.15, 0.2) is 12.2 Å². The average molecular weight is 588 g/mol. The monoisotopic (exact) mass is 587 g/mol. The van der Waals surface area contributed by atoms with Crippen LogP contribution >= 0.6 is 0 Å². The summed E-state index contributed by atoms with van der Waals surface area (Å²) >= 11 is 0. The quantitative estimate of drug-likeness (QED) is 0.0685. The summed E-state index contributed by atoms with van der Waals surface area (Å²) in [6, 6.07) is -0.713. The number of aliphatic hydroxyl groups excluding tert-OH is 5. The highest BCUT2D eigenvalue weighted by molar-refractivity contribution is 5.76. The number of hydrogen-bond donors (Lipinski definition) is 6. The lowest BCUT2D eigenvalue weighted by Crippen LogP contribution is -2.60. The number of carbonyl (C=O) groups is 1. The summed E-state index contributed by atoms with van der Waals surface area (Å²) in [6.45, 7) is 3.69. The zero-order chi connectivity index (χ0) is 30.3. The SMILES string of the molecule is CCCC/C=C\CCCCCCCC(=O)NC(COC1OC(CO)C(O)C(O)C1O)C(O)CCCCCCCCC. The number of allylic oxidation sites excluding steroid dienone is 2. The van der Waals surface area contributed by atoms with Crippen molar-refractivity contribution in [3.63, 3.8) is 0 Å². The molecule has 0 radical (unpaired) electrons. The fourth-order valence-corrected chi connectivity index (χ4v) is 5.08. The van der Waals surface area contributed by atoms with Gasteiger partial charge in [0.2, 0.25) is 5.91 Å². The van der Waals surface area contributed by atoms with Gasteiger partial charge in [-0.05, 0) is 32.1 Å². The summed E-state index contributed by atoms with van der Waals surface area (Å²) in [5.41, 5.74) is 0. The second-order valence-corrected chi connectivity index (χ2v) is 11.6. The zero-order valence-electron chi connectivity index (χ0n) is 25.8. The van der Waals surface area contributed by atoms with E-state index in [1.54, 1.807) is 0 Å². The molecule has 9 nitrogen and oxygen atoms in total. The van der Waals surface area contributed by atoms with Gasteiger partial charge in [0.15, 0.2) is 6.29 Å². The van der Waals surface area contributed by atoms with Gasteiger partial charge in [-0.3, -0.25) is 4.79 Å². The highest BCUT2D eigenvalue weighted by Gasteiger charge is 2.44. The molecule has 0 aromatic carbocycles. The van der Waals surface area contributed by atoms with Crippen molar-refractivity contribution in [1.82, 2.24) is 5.32 Å². The molecule has 0 bridgehead atoms. The molecule has 1 aliphatic rings. The number of hydrogen-bond acceptors (Lipinski definition) is 8. The Morgan fingerprint density at radius 2 is 1.39 bits per heavy atom. The summed E-state index contributed by atoms with van der Waals surface area (Å²) < 4.78 is 11.1. The van der Waals surface area contributed by atoms with Crippen LogP contribution in [0, 0.1) is 0 Å². The molecule has 0 saturated carbocycles. The van der Waals surface area contributed by atoms with Crippen molar-refractivity contribution in [2.24, 2.45) is 0 Å². The van der Waals surface area contributed by atoms with Crippen molar-refractivity contribution in [2.45, 2.75) is 172 Å². The molecule has 7 unspecified atom stereocenters. The van der Waals surface area contributed by atoms with E-state index in [-0.39, 0.29) is 12.5 Å². The standard InChI is InChI=1S/C32H61NO8/c1-3-5-7-9-11-12-13-14-16-18-20-22-28(36)33-25(26(35)21-19-17-15-10-8-6-4-2)24-40-32-31(39)30(38)29(37)27(23-34)41-32/h9,11,25-27,29-32,34-35,37-39H,3-8,10,12-24H2,1-2H3,(H,33,36)/b11-9-. The van der Waals surface area contributed by atoms with Crippen LogP contribution in [0.5, 0.6) is 0 Å². The largest absolute Gasteiger partial charge is 0.394 e. The van der Waals surface area contributed by atoms with Gasteiger partial charge in [-0.25, -0.2) is 0 Å². The number of rotatable bonds is 25. The van der Waals surface area contributed by atoms with E-state index < -0.39 is 49.5 Å². The van der Waals surface area contributed by atoms with Crippen LogP contribution in [0.25, 0.3) is 0 Å². The maximum absolute atomic E-state index is 12.7. The van der Waals surface area contributed by atoms with Crippen LogP contribution in [0.3, 0.4) is 0 Å². The van der Waals surface area contributed by atoms with Gasteiger partial charge in [-0.2, -0.15) is 0 Å². The first-order chi connectivity index (χ1) is 19.8. The van der Waals surface area contributed by atoms with Gasteiger partial charge in [0, 0.05) is 6.42 Å². The molecule has 1 heterocycles. The smallest absolute Gasteiger partial charge is 0.220 e. The minimum atomic E-state index is -1.55. The predicted molar refractivity (Wildman–Crippen MR) is 161 cm³/mol. The van der Waals surface area contributed by atoms with Crippen LogP contribution in [0.4, 0.5) is 0 Å². The van der Waals surface area contributed by atoms with Gasteiger partial charge < -0.3 is 40.3 Å². The lowest BCUT2D eigenvalue weighted by molar-refractivity contribution is -0.302. The molecule has 0 spiro atoms. The molecular weight excluding hydrogens is 526 g/mol. The summed E-state index contributed by atoms with van der Waals surface area (Å²) in [6.07, 6.45) is 15.3. The molecule has 0 aromatic heterocycles. The Kier molecular flexibility index (Phi) is 22.6. The van der Waals surface area contributed by atoms with Gasteiger partial charge in [-0.1, -0.05) is 103 Å². The van der Waals surface area contributed by atoms with Crippen molar-refractivity contribution in [3.8, 4) is 0 Å². The van der Waals surface area contributed by atoms with E-state index in [9.17, 15) is 30.3 Å². The molecule has 7 atom stereocenters. The minimum absolute atomic E-state index is 0.141. The normalized spacial score (nSPS) is 24.5. The summed E-state index contributed by atoms with van der Waals surface area (Å²) in [4.78, 5) is 12.7. The summed E-state index contributed by atoms with van der Waals surface area (Å²) in [7, 11) is 0. The molecule has 41 heavy (non-hydrogen) atoms. The Bertz CT molecular complexity index is 662. The minimum Gasteiger partial charge on any atom is -0.394 e.